The van der Waals surface area contributed by atoms with E-state index in [0.29, 0.717) is 16.5 Å². The van der Waals surface area contributed by atoms with Gasteiger partial charge in [-0.3, -0.25) is 0 Å². The lowest BCUT2D eigenvalue weighted by molar-refractivity contribution is 0.242. The third-order valence-corrected chi connectivity index (χ3v) is 3.31. The summed E-state index contributed by atoms with van der Waals surface area (Å²) < 4.78 is 6.42. The molecule has 0 unspecified atom stereocenters. The highest BCUT2D eigenvalue weighted by Gasteiger charge is 2.12. The number of fused-ring (bicyclic) bond motifs is 1. The first-order valence-corrected chi connectivity index (χ1v) is 6.54. The summed E-state index contributed by atoms with van der Waals surface area (Å²) in [4.78, 5) is 4.06. The number of halogens is 2. The van der Waals surface area contributed by atoms with E-state index in [1.165, 1.54) is 0 Å². The molecule has 0 bridgehead atoms. The van der Waals surface area contributed by atoms with E-state index < -0.39 is 0 Å². The molecule has 0 fully saturated rings. The number of nitriles is 1. The zero-order valence-corrected chi connectivity index (χ0v) is 12.2. The Balaban J connectivity index is 2.74. The number of rotatable bonds is 2. The minimum atomic E-state index is -0.00608. The summed E-state index contributed by atoms with van der Waals surface area (Å²) in [5.74, 6) is 0.529. The molecule has 0 saturated heterocycles. The number of hydrogen-bond acceptors (Lipinski definition) is 3. The first-order valence-electron chi connectivity index (χ1n) is 5.37. The van der Waals surface area contributed by atoms with Crippen LogP contribution in [0, 0.1) is 11.3 Å². The van der Waals surface area contributed by atoms with Gasteiger partial charge in [0.2, 0.25) is 0 Å². The van der Waals surface area contributed by atoms with Crippen LogP contribution in [0.25, 0.3) is 10.8 Å². The SMILES string of the molecule is CC(C)Oc1cc2c(Cl)ncc(Br)c2cc1C#N. The first kappa shape index (κ1) is 13.1. The summed E-state index contributed by atoms with van der Waals surface area (Å²) in [5.41, 5.74) is 0.485. The summed E-state index contributed by atoms with van der Waals surface area (Å²) in [5, 5.41) is 11.2. The Morgan fingerprint density at radius 2 is 2.11 bits per heavy atom. The molecule has 18 heavy (non-hydrogen) atoms. The lowest BCUT2D eigenvalue weighted by atomic mass is 10.1. The third kappa shape index (κ3) is 2.43. The Hall–Kier alpha value is -1.31. The van der Waals surface area contributed by atoms with Crippen molar-refractivity contribution in [3.05, 3.63) is 33.5 Å². The highest BCUT2D eigenvalue weighted by molar-refractivity contribution is 9.10. The predicted molar refractivity (Wildman–Crippen MR) is 74.9 cm³/mol. The van der Waals surface area contributed by atoms with Crippen LogP contribution in [-0.4, -0.2) is 11.1 Å². The van der Waals surface area contributed by atoms with Gasteiger partial charge in [-0.15, -0.1) is 0 Å². The summed E-state index contributed by atoms with van der Waals surface area (Å²) in [7, 11) is 0. The molecule has 3 nitrogen and oxygen atoms in total. The van der Waals surface area contributed by atoms with E-state index in [0.717, 1.165) is 15.2 Å². The van der Waals surface area contributed by atoms with E-state index in [2.05, 4.69) is 27.0 Å². The number of ether oxygens (including phenoxy) is 1. The topological polar surface area (TPSA) is 45.9 Å². The first-order chi connectivity index (χ1) is 8.52. The van der Waals surface area contributed by atoms with Crippen LogP contribution < -0.4 is 4.74 Å². The summed E-state index contributed by atoms with van der Waals surface area (Å²) in [6.07, 6.45) is 1.61. The molecule has 0 N–H and O–H groups in total. The highest BCUT2D eigenvalue weighted by Crippen LogP contribution is 2.33. The Kier molecular flexibility index (Phi) is 3.74. The van der Waals surface area contributed by atoms with E-state index >= 15 is 0 Å². The van der Waals surface area contributed by atoms with Crippen molar-refractivity contribution in [2.24, 2.45) is 0 Å². The molecule has 1 heterocycles. The van der Waals surface area contributed by atoms with Crippen molar-refractivity contribution in [1.82, 2.24) is 4.98 Å². The molecule has 92 valence electrons. The number of pyridine rings is 1. The molecule has 1 aromatic carbocycles. The van der Waals surface area contributed by atoms with Crippen LogP contribution in [0.2, 0.25) is 5.15 Å². The van der Waals surface area contributed by atoms with Gasteiger partial charge in [0.1, 0.15) is 17.0 Å². The van der Waals surface area contributed by atoms with Gasteiger partial charge in [0.25, 0.3) is 0 Å². The van der Waals surface area contributed by atoms with Crippen molar-refractivity contribution in [3.8, 4) is 11.8 Å². The van der Waals surface area contributed by atoms with Crippen LogP contribution in [-0.2, 0) is 0 Å². The van der Waals surface area contributed by atoms with Gasteiger partial charge in [0, 0.05) is 21.4 Å². The molecule has 0 aliphatic heterocycles. The zero-order chi connectivity index (χ0) is 13.3. The predicted octanol–water partition coefficient (Wildman–Crippen LogP) is 4.31. The fourth-order valence-corrected chi connectivity index (χ4v) is 2.27. The summed E-state index contributed by atoms with van der Waals surface area (Å²) >= 11 is 9.46. The van der Waals surface area contributed by atoms with E-state index in [1.807, 2.05) is 13.8 Å². The van der Waals surface area contributed by atoms with Gasteiger partial charge < -0.3 is 4.74 Å². The van der Waals surface area contributed by atoms with Crippen LogP contribution in [0.3, 0.4) is 0 Å². The fraction of sp³-hybridized carbons (Fsp3) is 0.231. The molecule has 0 atom stereocenters. The van der Waals surface area contributed by atoms with Crippen molar-refractivity contribution >= 4 is 38.3 Å². The molecular weight excluding hydrogens is 316 g/mol. The summed E-state index contributed by atoms with van der Waals surface area (Å²) in [6.45, 7) is 3.82. The zero-order valence-electron chi connectivity index (χ0n) is 9.87. The van der Waals surface area contributed by atoms with Crippen LogP contribution in [0.15, 0.2) is 22.8 Å². The second kappa shape index (κ2) is 5.13. The lowest BCUT2D eigenvalue weighted by Crippen LogP contribution is -2.06. The van der Waals surface area contributed by atoms with Gasteiger partial charge in [0.05, 0.1) is 11.7 Å². The molecule has 0 spiro atoms. The second-order valence-electron chi connectivity index (χ2n) is 4.07. The van der Waals surface area contributed by atoms with Gasteiger partial charge in [-0.1, -0.05) is 11.6 Å². The molecule has 5 heteroatoms. The van der Waals surface area contributed by atoms with Crippen molar-refractivity contribution in [2.45, 2.75) is 20.0 Å². The van der Waals surface area contributed by atoms with Gasteiger partial charge in [0.15, 0.2) is 0 Å². The van der Waals surface area contributed by atoms with Gasteiger partial charge >= 0.3 is 0 Å². The normalized spacial score (nSPS) is 10.7. The molecule has 0 amide bonds. The number of hydrogen-bond donors (Lipinski definition) is 0. The van der Waals surface area contributed by atoms with Gasteiger partial charge in [-0.05, 0) is 41.9 Å². The van der Waals surface area contributed by atoms with E-state index in [-0.39, 0.29) is 6.10 Å². The fourth-order valence-electron chi connectivity index (χ4n) is 1.64. The van der Waals surface area contributed by atoms with Crippen molar-refractivity contribution < 1.29 is 4.74 Å². The highest BCUT2D eigenvalue weighted by atomic mass is 79.9. The number of aromatic nitrogens is 1. The Morgan fingerprint density at radius 3 is 2.72 bits per heavy atom. The van der Waals surface area contributed by atoms with E-state index in [4.69, 9.17) is 21.6 Å². The maximum atomic E-state index is 9.16. The lowest BCUT2D eigenvalue weighted by Gasteiger charge is -2.13. The standard InChI is InChI=1S/C13H10BrClN2O/c1-7(2)18-12-4-10-9(3-8(12)5-16)11(14)6-17-13(10)15/h3-4,6-7H,1-2H3. The number of nitrogens with zero attached hydrogens (tertiary/aromatic N) is 2. The van der Waals surface area contributed by atoms with Crippen molar-refractivity contribution in [3.63, 3.8) is 0 Å². The minimum absolute atomic E-state index is 0.00608. The smallest absolute Gasteiger partial charge is 0.138 e. The van der Waals surface area contributed by atoms with Crippen molar-refractivity contribution in [2.75, 3.05) is 0 Å². The summed E-state index contributed by atoms with van der Waals surface area (Å²) in [6, 6.07) is 5.64. The molecule has 0 aliphatic carbocycles. The maximum absolute atomic E-state index is 9.16. The molecule has 2 rings (SSSR count). The van der Waals surface area contributed by atoms with E-state index in [1.54, 1.807) is 18.3 Å². The van der Waals surface area contributed by atoms with Gasteiger partial charge in [-0.2, -0.15) is 5.26 Å². The molecule has 0 radical (unpaired) electrons. The molecule has 0 saturated carbocycles. The molecule has 1 aromatic heterocycles. The monoisotopic (exact) mass is 324 g/mol. The largest absolute Gasteiger partial charge is 0.490 e. The van der Waals surface area contributed by atoms with Gasteiger partial charge in [-0.25, -0.2) is 4.98 Å². The van der Waals surface area contributed by atoms with Crippen LogP contribution >= 0.6 is 27.5 Å². The van der Waals surface area contributed by atoms with Crippen LogP contribution in [0.1, 0.15) is 19.4 Å². The Bertz CT molecular complexity index is 649. The average molecular weight is 326 g/mol. The third-order valence-electron chi connectivity index (χ3n) is 2.37. The van der Waals surface area contributed by atoms with Crippen LogP contribution in [0.5, 0.6) is 5.75 Å². The molecular formula is C13H10BrClN2O. The second-order valence-corrected chi connectivity index (χ2v) is 5.28. The maximum Gasteiger partial charge on any atom is 0.138 e. The Morgan fingerprint density at radius 1 is 1.39 bits per heavy atom. The molecule has 2 aromatic rings. The van der Waals surface area contributed by atoms with E-state index in [9.17, 15) is 0 Å². The quantitative estimate of drug-likeness (QED) is 0.773. The minimum Gasteiger partial charge on any atom is -0.490 e. The average Bonchev–Trinajstić information content (AvgIpc) is 2.33. The Labute approximate surface area is 118 Å². The molecule has 0 aliphatic rings. The number of benzene rings is 1. The van der Waals surface area contributed by atoms with Crippen LogP contribution in [0.4, 0.5) is 0 Å². The van der Waals surface area contributed by atoms with Crippen molar-refractivity contribution in [1.29, 1.82) is 5.26 Å².